The van der Waals surface area contributed by atoms with Crippen LogP contribution >= 0.6 is 11.6 Å². The Morgan fingerprint density at radius 3 is 2.53 bits per heavy atom. The van der Waals surface area contributed by atoms with Crippen molar-refractivity contribution in [1.82, 2.24) is 5.32 Å². The molecule has 0 aliphatic carbocycles. The van der Waals surface area contributed by atoms with E-state index in [1.807, 2.05) is 25.2 Å². The molecule has 2 aromatic rings. The van der Waals surface area contributed by atoms with Crippen molar-refractivity contribution in [3.05, 3.63) is 64.4 Å². The maximum absolute atomic E-state index is 13.4. The van der Waals surface area contributed by atoms with Crippen LogP contribution in [0.4, 0.5) is 4.39 Å². The van der Waals surface area contributed by atoms with Crippen molar-refractivity contribution in [2.75, 3.05) is 7.05 Å². The molecule has 0 bridgehead atoms. The van der Waals surface area contributed by atoms with Crippen LogP contribution in [0.1, 0.15) is 11.1 Å². The van der Waals surface area contributed by atoms with Gasteiger partial charge in [0.15, 0.2) is 0 Å². The zero-order chi connectivity index (χ0) is 13.7. The smallest absolute Gasteiger partial charge is 0.127 e. The summed E-state index contributed by atoms with van der Waals surface area (Å²) in [4.78, 5) is 0. The Bertz CT molecular complexity index is 542. The first-order chi connectivity index (χ1) is 9.17. The lowest BCUT2D eigenvalue weighted by Gasteiger charge is -2.09. The molecule has 19 heavy (non-hydrogen) atoms. The van der Waals surface area contributed by atoms with Crippen LogP contribution in [0.5, 0.6) is 5.75 Å². The van der Waals surface area contributed by atoms with Gasteiger partial charge in [-0.25, -0.2) is 4.39 Å². The van der Waals surface area contributed by atoms with E-state index in [9.17, 15) is 4.39 Å². The van der Waals surface area contributed by atoms with E-state index in [-0.39, 0.29) is 5.82 Å². The van der Waals surface area contributed by atoms with Gasteiger partial charge in [0.1, 0.15) is 18.2 Å². The van der Waals surface area contributed by atoms with Crippen molar-refractivity contribution in [3.8, 4) is 5.75 Å². The fourth-order valence-corrected chi connectivity index (χ4v) is 1.88. The lowest BCUT2D eigenvalue weighted by atomic mass is 10.2. The first-order valence-corrected chi connectivity index (χ1v) is 6.36. The highest BCUT2D eigenvalue weighted by molar-refractivity contribution is 6.30. The van der Waals surface area contributed by atoms with Crippen molar-refractivity contribution in [3.63, 3.8) is 0 Å². The molecule has 0 atom stereocenters. The largest absolute Gasteiger partial charge is 0.489 e. The van der Waals surface area contributed by atoms with Crippen LogP contribution in [0.25, 0.3) is 0 Å². The van der Waals surface area contributed by atoms with Gasteiger partial charge in [-0.3, -0.25) is 0 Å². The molecule has 0 fully saturated rings. The van der Waals surface area contributed by atoms with Gasteiger partial charge in [-0.2, -0.15) is 0 Å². The van der Waals surface area contributed by atoms with Crippen LogP contribution in [0.2, 0.25) is 5.02 Å². The fourth-order valence-electron chi connectivity index (χ4n) is 1.76. The number of hydrogen-bond acceptors (Lipinski definition) is 2. The first-order valence-electron chi connectivity index (χ1n) is 5.98. The number of ether oxygens (including phenoxy) is 1. The molecule has 0 radical (unpaired) electrons. The lowest BCUT2D eigenvalue weighted by Crippen LogP contribution is -2.06. The number of benzene rings is 2. The second-order valence-corrected chi connectivity index (χ2v) is 4.68. The third-order valence-electron chi connectivity index (χ3n) is 2.63. The van der Waals surface area contributed by atoms with E-state index in [1.165, 1.54) is 12.1 Å². The summed E-state index contributed by atoms with van der Waals surface area (Å²) in [7, 11) is 1.82. The van der Waals surface area contributed by atoms with Gasteiger partial charge in [-0.15, -0.1) is 0 Å². The highest BCUT2D eigenvalue weighted by atomic mass is 35.5. The number of hydrogen-bond donors (Lipinski definition) is 1. The van der Waals surface area contributed by atoms with Crippen LogP contribution in [-0.4, -0.2) is 7.05 Å². The van der Waals surface area contributed by atoms with Gasteiger partial charge >= 0.3 is 0 Å². The minimum atomic E-state index is -0.293. The summed E-state index contributed by atoms with van der Waals surface area (Å²) in [5.41, 5.74) is 1.84. The van der Waals surface area contributed by atoms with Gasteiger partial charge in [0.05, 0.1) is 0 Å². The van der Waals surface area contributed by atoms with Gasteiger partial charge in [0, 0.05) is 17.6 Å². The summed E-state index contributed by atoms with van der Waals surface area (Å²) >= 11 is 5.81. The monoisotopic (exact) mass is 279 g/mol. The molecular formula is C15H15ClFNO. The molecule has 4 heteroatoms. The summed E-state index contributed by atoms with van der Waals surface area (Å²) in [5, 5.41) is 3.67. The average molecular weight is 280 g/mol. The summed E-state index contributed by atoms with van der Waals surface area (Å²) in [6.07, 6.45) is 0. The molecule has 2 nitrogen and oxygen atoms in total. The van der Waals surface area contributed by atoms with Gasteiger partial charge in [0.2, 0.25) is 0 Å². The third kappa shape index (κ3) is 4.23. The summed E-state index contributed by atoms with van der Waals surface area (Å²) in [6.45, 7) is 0.995. The highest BCUT2D eigenvalue weighted by Gasteiger charge is 2.02. The Balaban J connectivity index is 2.04. The van der Waals surface area contributed by atoms with Crippen molar-refractivity contribution < 1.29 is 9.13 Å². The van der Waals surface area contributed by atoms with Crippen LogP contribution in [0.3, 0.4) is 0 Å². The molecular weight excluding hydrogens is 265 g/mol. The fraction of sp³-hybridized carbons (Fsp3) is 0.200. The Kier molecular flexibility index (Phi) is 4.77. The zero-order valence-electron chi connectivity index (χ0n) is 10.6. The topological polar surface area (TPSA) is 21.3 Å². The summed E-state index contributed by atoms with van der Waals surface area (Å²) < 4.78 is 19.0. The molecule has 2 rings (SSSR count). The number of rotatable bonds is 5. The number of halogens is 2. The van der Waals surface area contributed by atoms with Crippen molar-refractivity contribution in [1.29, 1.82) is 0 Å². The van der Waals surface area contributed by atoms with E-state index in [2.05, 4.69) is 5.32 Å². The molecule has 0 spiro atoms. The molecule has 0 saturated carbocycles. The van der Waals surface area contributed by atoms with E-state index >= 15 is 0 Å². The summed E-state index contributed by atoms with van der Waals surface area (Å²) in [6, 6.07) is 12.1. The predicted octanol–water partition coefficient (Wildman–Crippen LogP) is 3.78. The molecule has 0 aromatic heterocycles. The Hall–Kier alpha value is -1.58. The molecule has 0 amide bonds. The van der Waals surface area contributed by atoms with E-state index in [0.29, 0.717) is 23.9 Å². The minimum absolute atomic E-state index is 0.293. The molecule has 1 N–H and O–H groups in total. The van der Waals surface area contributed by atoms with Crippen molar-refractivity contribution in [2.24, 2.45) is 0 Å². The molecule has 0 aliphatic rings. The van der Waals surface area contributed by atoms with E-state index in [1.54, 1.807) is 12.1 Å². The Morgan fingerprint density at radius 1 is 1.11 bits per heavy atom. The van der Waals surface area contributed by atoms with Crippen LogP contribution in [0, 0.1) is 5.82 Å². The van der Waals surface area contributed by atoms with Crippen molar-refractivity contribution in [2.45, 2.75) is 13.2 Å². The van der Waals surface area contributed by atoms with Gasteiger partial charge in [-0.05, 0) is 42.4 Å². The Morgan fingerprint density at radius 2 is 1.84 bits per heavy atom. The SMILES string of the molecule is CNCc1cc(F)cc(OCc2ccc(Cl)cc2)c1. The lowest BCUT2D eigenvalue weighted by molar-refractivity contribution is 0.304. The predicted molar refractivity (Wildman–Crippen MR) is 74.9 cm³/mol. The molecule has 2 aromatic carbocycles. The van der Waals surface area contributed by atoms with Gasteiger partial charge in [0.25, 0.3) is 0 Å². The number of nitrogens with one attached hydrogen (secondary N) is 1. The Labute approximate surface area is 117 Å². The van der Waals surface area contributed by atoms with E-state index in [0.717, 1.165) is 11.1 Å². The first kappa shape index (κ1) is 13.8. The highest BCUT2D eigenvalue weighted by Crippen LogP contribution is 2.18. The quantitative estimate of drug-likeness (QED) is 0.899. The minimum Gasteiger partial charge on any atom is -0.489 e. The van der Waals surface area contributed by atoms with Gasteiger partial charge < -0.3 is 10.1 Å². The molecule has 100 valence electrons. The molecule has 0 aliphatic heterocycles. The molecule has 0 heterocycles. The summed E-state index contributed by atoms with van der Waals surface area (Å²) in [5.74, 6) is 0.235. The maximum atomic E-state index is 13.4. The van der Waals surface area contributed by atoms with Crippen molar-refractivity contribution >= 4 is 11.6 Å². The third-order valence-corrected chi connectivity index (χ3v) is 2.88. The van der Waals surface area contributed by atoms with E-state index < -0.39 is 0 Å². The van der Waals surface area contributed by atoms with Crippen LogP contribution in [0.15, 0.2) is 42.5 Å². The molecule has 0 unspecified atom stereocenters. The average Bonchev–Trinajstić information content (AvgIpc) is 2.38. The molecule has 0 saturated heterocycles. The second-order valence-electron chi connectivity index (χ2n) is 4.24. The normalized spacial score (nSPS) is 10.5. The van der Waals surface area contributed by atoms with Crippen LogP contribution < -0.4 is 10.1 Å². The zero-order valence-corrected chi connectivity index (χ0v) is 11.4. The second kappa shape index (κ2) is 6.55. The van der Waals surface area contributed by atoms with Crippen LogP contribution in [-0.2, 0) is 13.2 Å². The maximum Gasteiger partial charge on any atom is 0.127 e. The standard InChI is InChI=1S/C15H15ClFNO/c1-18-9-12-6-14(17)8-15(7-12)19-10-11-2-4-13(16)5-3-11/h2-8,18H,9-10H2,1H3. The van der Waals surface area contributed by atoms with E-state index in [4.69, 9.17) is 16.3 Å². The van der Waals surface area contributed by atoms with Gasteiger partial charge in [-0.1, -0.05) is 23.7 Å².